The lowest BCUT2D eigenvalue weighted by Gasteiger charge is -2.29. The molecule has 0 spiro atoms. The molecule has 2 aromatic rings. The average Bonchev–Trinajstić information content (AvgIpc) is 3.10. The Morgan fingerprint density at radius 3 is 2.52 bits per heavy atom. The van der Waals surface area contributed by atoms with Gasteiger partial charge in [0.15, 0.2) is 5.96 Å². The summed E-state index contributed by atoms with van der Waals surface area (Å²) in [6.45, 7) is 4.45. The summed E-state index contributed by atoms with van der Waals surface area (Å²) in [5, 5.41) is 10.9. The van der Waals surface area contributed by atoms with Crippen molar-refractivity contribution < 1.29 is 0 Å². The third kappa shape index (κ3) is 6.48. The van der Waals surface area contributed by atoms with Gasteiger partial charge in [-0.15, -0.1) is 24.0 Å². The average molecular weight is 482 g/mol. The molecule has 1 heterocycles. The van der Waals surface area contributed by atoms with Crippen molar-refractivity contribution in [2.45, 2.75) is 45.1 Å². The van der Waals surface area contributed by atoms with Crippen LogP contribution in [0.4, 0.5) is 0 Å². The highest BCUT2D eigenvalue weighted by Gasteiger charge is 2.22. The summed E-state index contributed by atoms with van der Waals surface area (Å²) < 4.78 is 1.76. The summed E-state index contributed by atoms with van der Waals surface area (Å²) in [6.07, 6.45) is 6.67. The number of rotatable bonds is 6. The topological polar surface area (TPSA) is 67.1 Å². The lowest BCUT2D eigenvalue weighted by Crippen LogP contribution is -2.40. The van der Waals surface area contributed by atoms with Crippen LogP contribution in [0.25, 0.3) is 0 Å². The summed E-state index contributed by atoms with van der Waals surface area (Å²) in [6, 6.07) is 10.9. The molecule has 0 radical (unpaired) electrons. The number of aryl methyl sites for hydroxylation is 1. The van der Waals surface area contributed by atoms with E-state index < -0.39 is 0 Å². The molecule has 0 saturated heterocycles. The Bertz CT molecular complexity index is 692. The minimum atomic E-state index is 0. The number of aromatic nitrogens is 3. The van der Waals surface area contributed by atoms with Crippen molar-refractivity contribution in [1.82, 2.24) is 25.4 Å². The van der Waals surface area contributed by atoms with Crippen LogP contribution in [0.3, 0.4) is 0 Å². The van der Waals surface area contributed by atoms with Gasteiger partial charge in [0.1, 0.15) is 18.7 Å². The minimum Gasteiger partial charge on any atom is -0.357 e. The molecule has 2 N–H and O–H groups in total. The van der Waals surface area contributed by atoms with Gasteiger partial charge in [0.05, 0.1) is 0 Å². The molecule has 6 nitrogen and oxygen atoms in total. The molecule has 0 aliphatic heterocycles. The predicted molar refractivity (Wildman–Crippen MR) is 120 cm³/mol. The first kappa shape index (κ1) is 21.7. The maximum atomic E-state index is 4.63. The van der Waals surface area contributed by atoms with E-state index in [0.29, 0.717) is 12.5 Å². The minimum absolute atomic E-state index is 0. The van der Waals surface area contributed by atoms with Crippen LogP contribution < -0.4 is 10.6 Å². The second-order valence-electron chi connectivity index (χ2n) is 7.00. The highest BCUT2D eigenvalue weighted by molar-refractivity contribution is 14.0. The van der Waals surface area contributed by atoms with Crippen LogP contribution in [-0.2, 0) is 13.6 Å². The second kappa shape index (κ2) is 11.3. The fourth-order valence-electron chi connectivity index (χ4n) is 3.62. The fourth-order valence-corrected chi connectivity index (χ4v) is 3.62. The van der Waals surface area contributed by atoms with Crippen molar-refractivity contribution >= 4 is 29.9 Å². The number of nitrogens with zero attached hydrogens (tertiary/aromatic N) is 4. The zero-order valence-electron chi connectivity index (χ0n) is 16.3. The number of hydrogen-bond donors (Lipinski definition) is 2. The normalized spacial score (nSPS) is 20.0. The number of guanidine groups is 1. The Morgan fingerprint density at radius 2 is 1.89 bits per heavy atom. The van der Waals surface area contributed by atoms with Crippen molar-refractivity contribution in [1.29, 1.82) is 0 Å². The van der Waals surface area contributed by atoms with Crippen LogP contribution in [0.5, 0.6) is 0 Å². The van der Waals surface area contributed by atoms with Gasteiger partial charge in [-0.3, -0.25) is 4.68 Å². The standard InChI is InChI=1S/C20H30N6.HI/c1-3-21-20(23-14-19-24-15-25-26(19)2)22-13-16-9-11-18(12-10-16)17-7-5-4-6-8-17;/h4-8,15-16,18H,3,9-14H2,1-2H3,(H2,21,22,23);1H. The molecule has 27 heavy (non-hydrogen) atoms. The molecule has 1 aliphatic carbocycles. The van der Waals surface area contributed by atoms with E-state index in [4.69, 9.17) is 0 Å². The molecule has 3 rings (SSSR count). The molecule has 0 atom stereocenters. The SMILES string of the molecule is CCNC(=NCc1ncnn1C)NCC1CCC(c2ccccc2)CC1.I. The van der Waals surface area contributed by atoms with E-state index in [0.717, 1.165) is 30.8 Å². The predicted octanol–water partition coefficient (Wildman–Crippen LogP) is 3.46. The first-order chi connectivity index (χ1) is 12.8. The summed E-state index contributed by atoms with van der Waals surface area (Å²) in [7, 11) is 1.89. The van der Waals surface area contributed by atoms with Crippen molar-refractivity contribution in [3.05, 3.63) is 48.0 Å². The highest BCUT2D eigenvalue weighted by atomic mass is 127. The Hall–Kier alpha value is -1.64. The quantitative estimate of drug-likeness (QED) is 0.376. The number of aliphatic imine (C=N–C) groups is 1. The molecular formula is C20H31IN6. The Labute approximate surface area is 179 Å². The van der Waals surface area contributed by atoms with Gasteiger partial charge in [-0.25, -0.2) is 9.98 Å². The number of benzene rings is 1. The summed E-state index contributed by atoms with van der Waals surface area (Å²) in [4.78, 5) is 8.86. The lowest BCUT2D eigenvalue weighted by molar-refractivity contribution is 0.324. The maximum absolute atomic E-state index is 4.63. The van der Waals surface area contributed by atoms with E-state index in [1.165, 1.54) is 31.2 Å². The van der Waals surface area contributed by atoms with Gasteiger partial charge in [0.25, 0.3) is 0 Å². The van der Waals surface area contributed by atoms with Gasteiger partial charge in [-0.1, -0.05) is 30.3 Å². The highest BCUT2D eigenvalue weighted by Crippen LogP contribution is 2.35. The molecule has 1 saturated carbocycles. The van der Waals surface area contributed by atoms with Gasteiger partial charge in [-0.05, 0) is 50.0 Å². The van der Waals surface area contributed by atoms with Crippen molar-refractivity contribution in [3.8, 4) is 0 Å². The molecule has 1 aromatic heterocycles. The van der Waals surface area contributed by atoms with E-state index in [2.05, 4.69) is 63.0 Å². The van der Waals surface area contributed by atoms with Gasteiger partial charge < -0.3 is 10.6 Å². The molecule has 0 amide bonds. The van der Waals surface area contributed by atoms with E-state index in [1.54, 1.807) is 11.0 Å². The van der Waals surface area contributed by atoms with Crippen molar-refractivity contribution in [3.63, 3.8) is 0 Å². The maximum Gasteiger partial charge on any atom is 0.191 e. The van der Waals surface area contributed by atoms with Crippen molar-refractivity contribution in [2.75, 3.05) is 13.1 Å². The Morgan fingerprint density at radius 1 is 1.15 bits per heavy atom. The smallest absolute Gasteiger partial charge is 0.191 e. The van der Waals surface area contributed by atoms with Gasteiger partial charge in [0.2, 0.25) is 0 Å². The second-order valence-corrected chi connectivity index (χ2v) is 7.00. The van der Waals surface area contributed by atoms with Gasteiger partial charge in [-0.2, -0.15) is 5.10 Å². The largest absolute Gasteiger partial charge is 0.357 e. The molecule has 0 bridgehead atoms. The molecule has 1 aliphatic rings. The van der Waals surface area contributed by atoms with Crippen LogP contribution in [0.15, 0.2) is 41.7 Å². The monoisotopic (exact) mass is 482 g/mol. The van der Waals surface area contributed by atoms with E-state index in [1.807, 2.05) is 7.05 Å². The first-order valence-corrected chi connectivity index (χ1v) is 9.66. The third-order valence-electron chi connectivity index (χ3n) is 5.20. The van der Waals surface area contributed by atoms with Crippen LogP contribution in [0.2, 0.25) is 0 Å². The van der Waals surface area contributed by atoms with Crippen LogP contribution >= 0.6 is 24.0 Å². The van der Waals surface area contributed by atoms with Crippen LogP contribution in [-0.4, -0.2) is 33.8 Å². The summed E-state index contributed by atoms with van der Waals surface area (Å²) in [5.74, 6) is 3.17. The van der Waals surface area contributed by atoms with Gasteiger partial charge >= 0.3 is 0 Å². The zero-order chi connectivity index (χ0) is 18.2. The lowest BCUT2D eigenvalue weighted by atomic mass is 9.79. The fraction of sp³-hybridized carbons (Fsp3) is 0.550. The van der Waals surface area contributed by atoms with Gasteiger partial charge in [0, 0.05) is 20.1 Å². The van der Waals surface area contributed by atoms with Crippen LogP contribution in [0.1, 0.15) is 49.9 Å². The third-order valence-corrected chi connectivity index (χ3v) is 5.20. The van der Waals surface area contributed by atoms with E-state index >= 15 is 0 Å². The number of nitrogens with one attached hydrogen (secondary N) is 2. The number of hydrogen-bond acceptors (Lipinski definition) is 3. The zero-order valence-corrected chi connectivity index (χ0v) is 18.6. The van der Waals surface area contributed by atoms with Crippen molar-refractivity contribution in [2.24, 2.45) is 18.0 Å². The molecular weight excluding hydrogens is 451 g/mol. The Kier molecular flexibility index (Phi) is 9.03. The molecule has 7 heteroatoms. The Balaban J connectivity index is 0.00000261. The first-order valence-electron chi connectivity index (χ1n) is 9.66. The molecule has 0 unspecified atom stereocenters. The van der Waals surface area contributed by atoms with E-state index in [9.17, 15) is 0 Å². The number of halogens is 1. The van der Waals surface area contributed by atoms with E-state index in [-0.39, 0.29) is 24.0 Å². The summed E-state index contributed by atoms with van der Waals surface area (Å²) in [5.41, 5.74) is 1.50. The van der Waals surface area contributed by atoms with Crippen LogP contribution in [0, 0.1) is 5.92 Å². The molecule has 148 valence electrons. The summed E-state index contributed by atoms with van der Waals surface area (Å²) >= 11 is 0. The molecule has 1 aromatic carbocycles. The molecule has 1 fully saturated rings.